The van der Waals surface area contributed by atoms with Gasteiger partial charge in [0.1, 0.15) is 5.75 Å². The quantitative estimate of drug-likeness (QED) is 0.906. The molecule has 0 unspecified atom stereocenters. The first-order chi connectivity index (χ1) is 8.92. The van der Waals surface area contributed by atoms with Gasteiger partial charge in [0.15, 0.2) is 0 Å². The maximum atomic E-state index is 5.97. The Hall–Kier alpha value is -0.670. The molecule has 2 heterocycles. The molecule has 2 aliphatic heterocycles. The van der Waals surface area contributed by atoms with E-state index in [1.165, 1.54) is 35.5 Å². The molecule has 0 radical (unpaired) electrons. The summed E-state index contributed by atoms with van der Waals surface area (Å²) in [5.74, 6) is 4.43. The Morgan fingerprint density at radius 2 is 2.11 bits per heavy atom. The van der Waals surface area contributed by atoms with Crippen LogP contribution in [0.15, 0.2) is 18.2 Å². The van der Waals surface area contributed by atoms with Crippen molar-refractivity contribution in [1.82, 2.24) is 5.32 Å². The van der Waals surface area contributed by atoms with E-state index in [2.05, 4.69) is 35.3 Å². The van der Waals surface area contributed by atoms with Crippen molar-refractivity contribution in [2.75, 3.05) is 24.7 Å². The molecule has 2 nitrogen and oxygen atoms in total. The van der Waals surface area contributed by atoms with E-state index in [9.17, 15) is 0 Å². The van der Waals surface area contributed by atoms with Crippen molar-refractivity contribution in [3.8, 4) is 5.75 Å². The largest absolute Gasteiger partial charge is 0.493 e. The minimum Gasteiger partial charge on any atom is -0.493 e. The van der Waals surface area contributed by atoms with Crippen molar-refractivity contribution >= 4 is 11.8 Å². The van der Waals surface area contributed by atoms with Gasteiger partial charge >= 0.3 is 0 Å². The Balaban J connectivity index is 1.58. The number of nitrogens with one attached hydrogen (secondary N) is 1. The summed E-state index contributed by atoms with van der Waals surface area (Å²) in [6.07, 6.45) is 3.78. The number of benzene rings is 1. The van der Waals surface area contributed by atoms with E-state index in [0.29, 0.717) is 0 Å². The van der Waals surface area contributed by atoms with Gasteiger partial charge in [-0.1, -0.05) is 6.07 Å². The Labute approximate surface area is 113 Å². The zero-order chi connectivity index (χ0) is 12.2. The van der Waals surface area contributed by atoms with E-state index < -0.39 is 0 Å². The second kappa shape index (κ2) is 5.98. The molecular formula is C15H21NOS. The number of rotatable bonds is 3. The van der Waals surface area contributed by atoms with Crippen LogP contribution in [0.1, 0.15) is 24.0 Å². The van der Waals surface area contributed by atoms with Gasteiger partial charge in [0.05, 0.1) is 6.61 Å². The summed E-state index contributed by atoms with van der Waals surface area (Å²) in [6, 6.07) is 6.60. The summed E-state index contributed by atoms with van der Waals surface area (Å²) in [7, 11) is 0. The third-order valence-corrected chi connectivity index (χ3v) is 4.94. The fourth-order valence-electron chi connectivity index (χ4n) is 2.67. The van der Waals surface area contributed by atoms with Gasteiger partial charge in [0, 0.05) is 6.54 Å². The fraction of sp³-hybridized carbons (Fsp3) is 0.600. The van der Waals surface area contributed by atoms with Crippen molar-refractivity contribution in [2.24, 2.45) is 5.92 Å². The highest BCUT2D eigenvalue weighted by Crippen LogP contribution is 2.25. The number of ether oxygens (including phenoxy) is 1. The standard InChI is InChI=1S/C15H21NOS/c1-2-15(9-14-10-16-6-3-13(1)14)17-11-12-4-7-18-8-5-12/h1-2,9,12,16H,3-8,10-11H2. The normalized spacial score (nSPS) is 20.4. The van der Waals surface area contributed by atoms with E-state index in [-0.39, 0.29) is 0 Å². The molecule has 0 spiro atoms. The Morgan fingerprint density at radius 3 is 3.00 bits per heavy atom. The van der Waals surface area contributed by atoms with E-state index >= 15 is 0 Å². The molecular weight excluding hydrogens is 242 g/mol. The van der Waals surface area contributed by atoms with Crippen molar-refractivity contribution < 1.29 is 4.74 Å². The van der Waals surface area contributed by atoms with Crippen LogP contribution in [-0.4, -0.2) is 24.7 Å². The number of hydrogen-bond donors (Lipinski definition) is 1. The van der Waals surface area contributed by atoms with Crippen LogP contribution in [0.2, 0.25) is 0 Å². The second-order valence-electron chi connectivity index (χ2n) is 5.22. The van der Waals surface area contributed by atoms with Crippen LogP contribution in [0.3, 0.4) is 0 Å². The van der Waals surface area contributed by atoms with Gasteiger partial charge in [-0.3, -0.25) is 0 Å². The lowest BCUT2D eigenvalue weighted by atomic mass is 10.0. The van der Waals surface area contributed by atoms with Crippen molar-refractivity contribution in [2.45, 2.75) is 25.8 Å². The van der Waals surface area contributed by atoms with Crippen molar-refractivity contribution in [3.05, 3.63) is 29.3 Å². The monoisotopic (exact) mass is 263 g/mol. The maximum Gasteiger partial charge on any atom is 0.119 e. The smallest absolute Gasteiger partial charge is 0.119 e. The molecule has 1 fully saturated rings. The van der Waals surface area contributed by atoms with E-state index in [1.807, 2.05) is 0 Å². The van der Waals surface area contributed by atoms with Gasteiger partial charge in [0.25, 0.3) is 0 Å². The summed E-state index contributed by atoms with van der Waals surface area (Å²) in [4.78, 5) is 0. The number of fused-ring (bicyclic) bond motifs is 1. The summed E-state index contributed by atoms with van der Waals surface area (Å²) >= 11 is 2.08. The fourth-order valence-corrected chi connectivity index (χ4v) is 3.88. The Bertz CT molecular complexity index is 401. The predicted molar refractivity (Wildman–Crippen MR) is 77.4 cm³/mol. The molecule has 18 heavy (non-hydrogen) atoms. The van der Waals surface area contributed by atoms with Crippen LogP contribution in [0.25, 0.3) is 0 Å². The highest BCUT2D eigenvalue weighted by molar-refractivity contribution is 7.99. The molecule has 3 heteroatoms. The number of thioether (sulfide) groups is 1. The van der Waals surface area contributed by atoms with Crippen molar-refractivity contribution in [1.29, 1.82) is 0 Å². The summed E-state index contributed by atoms with van der Waals surface area (Å²) in [6.45, 7) is 2.99. The minimum absolute atomic E-state index is 0.764. The third kappa shape index (κ3) is 3.01. The number of hydrogen-bond acceptors (Lipinski definition) is 3. The molecule has 1 N–H and O–H groups in total. The lowest BCUT2D eigenvalue weighted by Gasteiger charge is -2.22. The van der Waals surface area contributed by atoms with Gasteiger partial charge in [0.2, 0.25) is 0 Å². The SMILES string of the molecule is c1cc2c(cc1OCC1CCSCC1)CNCC2. The van der Waals surface area contributed by atoms with Gasteiger partial charge in [-0.15, -0.1) is 0 Å². The topological polar surface area (TPSA) is 21.3 Å². The molecule has 3 rings (SSSR count). The Kier molecular flexibility index (Phi) is 4.11. The lowest BCUT2D eigenvalue weighted by Crippen LogP contribution is -2.23. The highest BCUT2D eigenvalue weighted by atomic mass is 32.2. The van der Waals surface area contributed by atoms with E-state index in [4.69, 9.17) is 4.74 Å². The molecule has 0 aromatic heterocycles. The molecule has 1 aromatic carbocycles. The molecule has 0 amide bonds. The first kappa shape index (κ1) is 12.4. The lowest BCUT2D eigenvalue weighted by molar-refractivity contribution is 0.240. The molecule has 2 aliphatic rings. The molecule has 0 aliphatic carbocycles. The van der Waals surface area contributed by atoms with Gasteiger partial charge in [-0.25, -0.2) is 0 Å². The molecule has 1 aromatic rings. The zero-order valence-electron chi connectivity index (χ0n) is 10.8. The van der Waals surface area contributed by atoms with Crippen molar-refractivity contribution in [3.63, 3.8) is 0 Å². The zero-order valence-corrected chi connectivity index (χ0v) is 11.6. The van der Waals surface area contributed by atoms with E-state index in [1.54, 1.807) is 0 Å². The average Bonchev–Trinajstić information content (AvgIpc) is 2.46. The summed E-state index contributed by atoms with van der Waals surface area (Å²) in [5, 5.41) is 3.42. The van der Waals surface area contributed by atoms with Crippen LogP contribution in [0, 0.1) is 5.92 Å². The van der Waals surface area contributed by atoms with E-state index in [0.717, 1.165) is 37.8 Å². The molecule has 1 saturated heterocycles. The van der Waals surface area contributed by atoms with Gasteiger partial charge in [-0.2, -0.15) is 11.8 Å². The van der Waals surface area contributed by atoms with Crippen LogP contribution >= 0.6 is 11.8 Å². The van der Waals surface area contributed by atoms with Crippen LogP contribution in [0.4, 0.5) is 0 Å². The maximum absolute atomic E-state index is 5.97. The van der Waals surface area contributed by atoms with Crippen LogP contribution in [0.5, 0.6) is 5.75 Å². The molecule has 98 valence electrons. The molecule has 0 saturated carbocycles. The first-order valence-corrected chi connectivity index (χ1v) is 8.10. The average molecular weight is 263 g/mol. The summed E-state index contributed by atoms with van der Waals surface area (Å²) in [5.41, 5.74) is 2.90. The molecule has 0 atom stereocenters. The second-order valence-corrected chi connectivity index (χ2v) is 6.45. The minimum atomic E-state index is 0.764. The van der Waals surface area contributed by atoms with Gasteiger partial charge in [-0.05, 0) is 66.5 Å². The van der Waals surface area contributed by atoms with Gasteiger partial charge < -0.3 is 10.1 Å². The van der Waals surface area contributed by atoms with Crippen LogP contribution < -0.4 is 10.1 Å². The third-order valence-electron chi connectivity index (χ3n) is 3.89. The summed E-state index contributed by atoms with van der Waals surface area (Å²) < 4.78 is 5.97. The highest BCUT2D eigenvalue weighted by Gasteiger charge is 2.15. The Morgan fingerprint density at radius 1 is 1.22 bits per heavy atom. The van der Waals surface area contributed by atoms with Crippen LogP contribution in [-0.2, 0) is 13.0 Å². The first-order valence-electron chi connectivity index (χ1n) is 6.95. The molecule has 0 bridgehead atoms. The predicted octanol–water partition coefficient (Wildman–Crippen LogP) is 2.85.